The molecule has 0 radical (unpaired) electrons. The number of morpholine rings is 1. The molecule has 6 rings (SSSR count). The van der Waals surface area contributed by atoms with Crippen molar-refractivity contribution in [2.24, 2.45) is 0 Å². The molecule has 5 heterocycles. The molecule has 0 amide bonds. The van der Waals surface area contributed by atoms with Crippen LogP contribution in [-0.2, 0) is 9.47 Å². The van der Waals surface area contributed by atoms with E-state index < -0.39 is 0 Å². The summed E-state index contributed by atoms with van der Waals surface area (Å²) in [6.45, 7) is 5.27. The number of anilines is 1. The highest BCUT2D eigenvalue weighted by Crippen LogP contribution is 2.41. The van der Waals surface area contributed by atoms with Gasteiger partial charge in [0.25, 0.3) is 0 Å². The SMILES string of the molecule is C[C@@H]1COCCN1c1cc(OC2CCC3(CCCO3)CC2)c2cnn(-c3ccn[nH]3)c2n1. The molecule has 2 saturated heterocycles. The summed E-state index contributed by atoms with van der Waals surface area (Å²) in [6, 6.07) is 4.22. The van der Waals surface area contributed by atoms with Crippen LogP contribution in [0.5, 0.6) is 5.75 Å². The van der Waals surface area contributed by atoms with E-state index in [1.165, 1.54) is 12.8 Å². The first-order valence-electron chi connectivity index (χ1n) is 11.7. The van der Waals surface area contributed by atoms with Crippen LogP contribution in [0.1, 0.15) is 45.4 Å². The molecule has 32 heavy (non-hydrogen) atoms. The summed E-state index contributed by atoms with van der Waals surface area (Å²) >= 11 is 0. The summed E-state index contributed by atoms with van der Waals surface area (Å²) < 4.78 is 20.2. The Kier molecular flexibility index (Phi) is 5.02. The van der Waals surface area contributed by atoms with Gasteiger partial charge < -0.3 is 19.1 Å². The Bertz CT molecular complexity index is 1070. The first kappa shape index (κ1) is 20.0. The second-order valence-corrected chi connectivity index (χ2v) is 9.28. The molecule has 1 aliphatic carbocycles. The Morgan fingerprint density at radius 3 is 2.88 bits per heavy atom. The topological polar surface area (TPSA) is 90.3 Å². The van der Waals surface area contributed by atoms with E-state index >= 15 is 0 Å². The van der Waals surface area contributed by atoms with E-state index in [-0.39, 0.29) is 17.7 Å². The highest BCUT2D eigenvalue weighted by Gasteiger charge is 2.39. The van der Waals surface area contributed by atoms with Gasteiger partial charge in [0.15, 0.2) is 11.5 Å². The molecule has 3 aromatic rings. The lowest BCUT2D eigenvalue weighted by Crippen LogP contribution is -2.44. The number of aromatic amines is 1. The second-order valence-electron chi connectivity index (χ2n) is 9.28. The third kappa shape index (κ3) is 3.53. The van der Waals surface area contributed by atoms with Crippen LogP contribution < -0.4 is 9.64 Å². The monoisotopic (exact) mass is 438 g/mol. The van der Waals surface area contributed by atoms with Gasteiger partial charge in [-0.25, -0.2) is 4.98 Å². The Labute approximate surface area is 187 Å². The average molecular weight is 439 g/mol. The van der Waals surface area contributed by atoms with Crippen molar-refractivity contribution in [1.82, 2.24) is 25.0 Å². The van der Waals surface area contributed by atoms with Crippen LogP contribution in [0.15, 0.2) is 24.5 Å². The normalized spacial score (nSPS) is 28.6. The van der Waals surface area contributed by atoms with E-state index in [0.717, 1.165) is 67.3 Å². The average Bonchev–Trinajstić information content (AvgIpc) is 3.57. The van der Waals surface area contributed by atoms with Crippen LogP contribution in [0.25, 0.3) is 16.9 Å². The molecule has 3 aliphatic rings. The van der Waals surface area contributed by atoms with Crippen LogP contribution in [0.2, 0.25) is 0 Å². The molecular weight excluding hydrogens is 408 g/mol. The first-order valence-corrected chi connectivity index (χ1v) is 11.7. The van der Waals surface area contributed by atoms with Gasteiger partial charge in [0, 0.05) is 25.3 Å². The molecule has 2 aliphatic heterocycles. The number of H-pyrrole nitrogens is 1. The molecule has 1 N–H and O–H groups in total. The number of aromatic nitrogens is 5. The molecule has 170 valence electrons. The van der Waals surface area contributed by atoms with Crippen molar-refractivity contribution in [3.05, 3.63) is 24.5 Å². The van der Waals surface area contributed by atoms with Crippen LogP contribution in [0.3, 0.4) is 0 Å². The molecule has 9 heteroatoms. The molecule has 1 atom stereocenters. The number of ether oxygens (including phenoxy) is 3. The van der Waals surface area contributed by atoms with Gasteiger partial charge in [0.05, 0.1) is 48.7 Å². The second kappa shape index (κ2) is 8.04. The van der Waals surface area contributed by atoms with E-state index in [9.17, 15) is 0 Å². The van der Waals surface area contributed by atoms with E-state index in [1.54, 1.807) is 10.9 Å². The minimum absolute atomic E-state index is 0.104. The maximum atomic E-state index is 6.64. The molecule has 3 aromatic heterocycles. The molecule has 1 spiro atoms. The van der Waals surface area contributed by atoms with Crippen LogP contribution in [-0.4, -0.2) is 69.1 Å². The minimum Gasteiger partial charge on any atom is -0.489 e. The largest absolute Gasteiger partial charge is 0.489 e. The van der Waals surface area contributed by atoms with Gasteiger partial charge in [0.2, 0.25) is 0 Å². The molecule has 1 saturated carbocycles. The van der Waals surface area contributed by atoms with Crippen molar-refractivity contribution in [3.63, 3.8) is 0 Å². The van der Waals surface area contributed by atoms with Gasteiger partial charge in [-0.2, -0.15) is 14.9 Å². The number of pyridine rings is 1. The fourth-order valence-corrected chi connectivity index (χ4v) is 5.38. The Hall–Kier alpha value is -2.65. The highest BCUT2D eigenvalue weighted by atomic mass is 16.5. The van der Waals surface area contributed by atoms with Crippen molar-refractivity contribution < 1.29 is 14.2 Å². The maximum absolute atomic E-state index is 6.64. The zero-order chi connectivity index (χ0) is 21.5. The summed E-state index contributed by atoms with van der Waals surface area (Å²) in [5, 5.41) is 12.6. The molecule has 0 bridgehead atoms. The number of fused-ring (bicyclic) bond motifs is 1. The Morgan fingerprint density at radius 1 is 1.22 bits per heavy atom. The van der Waals surface area contributed by atoms with Crippen molar-refractivity contribution in [3.8, 4) is 11.6 Å². The summed E-state index contributed by atoms with van der Waals surface area (Å²) in [5.41, 5.74) is 0.875. The number of hydrogen-bond acceptors (Lipinski definition) is 7. The lowest BCUT2D eigenvalue weighted by Gasteiger charge is -2.37. The molecule has 0 unspecified atom stereocenters. The predicted octanol–water partition coefficient (Wildman–Crippen LogP) is 3.24. The number of hydrogen-bond donors (Lipinski definition) is 1. The van der Waals surface area contributed by atoms with Crippen molar-refractivity contribution >= 4 is 16.9 Å². The lowest BCUT2D eigenvalue weighted by atomic mass is 9.81. The van der Waals surface area contributed by atoms with Crippen LogP contribution in [0.4, 0.5) is 5.82 Å². The van der Waals surface area contributed by atoms with Crippen molar-refractivity contribution in [2.45, 2.75) is 63.2 Å². The smallest absolute Gasteiger partial charge is 0.170 e. The van der Waals surface area contributed by atoms with Crippen molar-refractivity contribution in [1.29, 1.82) is 0 Å². The number of rotatable bonds is 4. The zero-order valence-electron chi connectivity index (χ0n) is 18.5. The van der Waals surface area contributed by atoms with Gasteiger partial charge in [0.1, 0.15) is 11.6 Å². The summed E-state index contributed by atoms with van der Waals surface area (Å²) in [7, 11) is 0. The fourth-order valence-electron chi connectivity index (χ4n) is 5.38. The van der Waals surface area contributed by atoms with Gasteiger partial charge >= 0.3 is 0 Å². The third-order valence-electron chi connectivity index (χ3n) is 7.19. The van der Waals surface area contributed by atoms with Crippen LogP contribution in [0, 0.1) is 0 Å². The molecule has 9 nitrogen and oxygen atoms in total. The van der Waals surface area contributed by atoms with E-state index in [1.807, 2.05) is 12.3 Å². The summed E-state index contributed by atoms with van der Waals surface area (Å²) in [5.74, 6) is 2.53. The minimum atomic E-state index is 0.104. The quantitative estimate of drug-likeness (QED) is 0.669. The molecule has 3 fully saturated rings. The summed E-state index contributed by atoms with van der Waals surface area (Å²) in [4.78, 5) is 7.29. The first-order chi connectivity index (χ1) is 15.7. The number of nitrogens with one attached hydrogen (secondary N) is 1. The van der Waals surface area contributed by atoms with Gasteiger partial charge in [-0.1, -0.05) is 0 Å². The van der Waals surface area contributed by atoms with E-state index in [4.69, 9.17) is 19.2 Å². The Morgan fingerprint density at radius 2 is 2.12 bits per heavy atom. The standard InChI is InChI=1S/C23H30N6O3/c1-16-15-30-12-10-28(16)21-13-19(32-17-3-7-23(8-4-17)6-2-11-31-23)18-14-25-29(22(18)26-21)20-5-9-24-27-20/h5,9,13-14,16-17H,2-4,6-8,10-12,15H2,1H3,(H,24,27)/t16-,17?,23?/m1/s1. The molecule has 0 aromatic carbocycles. The van der Waals surface area contributed by atoms with E-state index in [2.05, 4.69) is 33.2 Å². The van der Waals surface area contributed by atoms with Gasteiger partial charge in [-0.05, 0) is 45.4 Å². The van der Waals surface area contributed by atoms with Crippen molar-refractivity contribution in [2.75, 3.05) is 31.3 Å². The highest BCUT2D eigenvalue weighted by molar-refractivity contribution is 5.85. The predicted molar refractivity (Wildman–Crippen MR) is 119 cm³/mol. The number of nitrogens with zero attached hydrogens (tertiary/aromatic N) is 5. The maximum Gasteiger partial charge on any atom is 0.170 e. The Balaban J connectivity index is 1.34. The lowest BCUT2D eigenvalue weighted by molar-refractivity contribution is -0.0461. The zero-order valence-corrected chi connectivity index (χ0v) is 18.5. The summed E-state index contributed by atoms with van der Waals surface area (Å²) in [6.07, 6.45) is 10.3. The van der Waals surface area contributed by atoms with Gasteiger partial charge in [-0.15, -0.1) is 0 Å². The molecular formula is C23H30N6O3. The van der Waals surface area contributed by atoms with E-state index in [0.29, 0.717) is 13.2 Å². The third-order valence-corrected chi connectivity index (χ3v) is 7.19. The fraction of sp³-hybridized carbons (Fsp3) is 0.609. The van der Waals surface area contributed by atoms with Gasteiger partial charge in [-0.3, -0.25) is 5.10 Å². The van der Waals surface area contributed by atoms with Crippen LogP contribution >= 0.6 is 0 Å².